The number of fused-ring (bicyclic) bond motifs is 5. The largest absolute Gasteiger partial charge is 0.573 e. The van der Waals surface area contributed by atoms with E-state index in [9.17, 15) is 22.8 Å². The molecular weight excluding hydrogens is 519 g/mol. The van der Waals surface area contributed by atoms with E-state index in [4.69, 9.17) is 4.74 Å². The number of piperidine rings is 2. The van der Waals surface area contributed by atoms with Crippen molar-refractivity contribution < 1.29 is 32.2 Å². The van der Waals surface area contributed by atoms with Crippen LogP contribution in [-0.2, 0) is 16.0 Å². The number of rotatable bonds is 6. The van der Waals surface area contributed by atoms with Gasteiger partial charge in [0.15, 0.2) is 0 Å². The molecule has 0 saturated carbocycles. The van der Waals surface area contributed by atoms with Crippen LogP contribution in [0.15, 0.2) is 72.8 Å². The number of ether oxygens (including phenoxy) is 2. The highest BCUT2D eigenvalue weighted by Gasteiger charge is 2.44. The summed E-state index contributed by atoms with van der Waals surface area (Å²) in [5.41, 5.74) is 5.33. The number of halogens is 3. The fourth-order valence-corrected chi connectivity index (χ4v) is 6.77. The second-order valence-corrected chi connectivity index (χ2v) is 11.0. The van der Waals surface area contributed by atoms with Gasteiger partial charge in [0, 0.05) is 30.3 Å². The van der Waals surface area contributed by atoms with Gasteiger partial charge in [0.1, 0.15) is 18.1 Å². The molecule has 1 aliphatic carbocycles. The highest BCUT2D eigenvalue weighted by molar-refractivity contribution is 5.84. The van der Waals surface area contributed by atoms with Crippen molar-refractivity contribution in [2.75, 3.05) is 6.61 Å². The van der Waals surface area contributed by atoms with Gasteiger partial charge < -0.3 is 14.4 Å². The summed E-state index contributed by atoms with van der Waals surface area (Å²) in [5.74, 6) is -0.467. The molecule has 5 nitrogen and oxygen atoms in total. The fourth-order valence-electron chi connectivity index (χ4n) is 6.77. The van der Waals surface area contributed by atoms with Crippen molar-refractivity contribution in [2.24, 2.45) is 5.92 Å². The topological polar surface area (TPSA) is 55.8 Å². The summed E-state index contributed by atoms with van der Waals surface area (Å²) in [5, 5.41) is 0. The van der Waals surface area contributed by atoms with Crippen molar-refractivity contribution in [3.05, 3.63) is 89.5 Å². The Balaban J connectivity index is 1.09. The van der Waals surface area contributed by atoms with Gasteiger partial charge >= 0.3 is 12.5 Å². The molecule has 0 aromatic heterocycles. The van der Waals surface area contributed by atoms with Gasteiger partial charge in [0.25, 0.3) is 0 Å². The van der Waals surface area contributed by atoms with Gasteiger partial charge in [-0.1, -0.05) is 60.7 Å². The Kier molecular flexibility index (Phi) is 7.02. The first-order valence-corrected chi connectivity index (χ1v) is 13.8. The first-order chi connectivity index (χ1) is 19.3. The second kappa shape index (κ2) is 10.6. The van der Waals surface area contributed by atoms with Crippen molar-refractivity contribution in [2.45, 2.75) is 62.9 Å². The molecule has 6 rings (SSSR count). The van der Waals surface area contributed by atoms with Gasteiger partial charge in [0.2, 0.25) is 0 Å². The Morgan fingerprint density at radius 3 is 1.98 bits per heavy atom. The number of carbonyl (C=O) groups is 2. The van der Waals surface area contributed by atoms with E-state index >= 15 is 0 Å². The van der Waals surface area contributed by atoms with Gasteiger partial charge in [-0.05, 0) is 72.1 Å². The predicted molar refractivity (Wildman–Crippen MR) is 143 cm³/mol. The summed E-state index contributed by atoms with van der Waals surface area (Å²) in [4.78, 5) is 28.5. The number of hydrogen-bond acceptors (Lipinski definition) is 4. The van der Waals surface area contributed by atoms with Gasteiger partial charge in [-0.3, -0.25) is 4.79 Å². The standard InChI is InChI=1S/C32H30F3NO4/c33-32(34,35)40-24-14-12-20(13-15-24)16-30(37)21-17-22-6-5-7-23(18-21)36(22)31(38)39-19-29-27-10-3-1-8-25(27)26-9-2-4-11-28(26)29/h1-4,8-15,21-23,29H,5-7,16-19H2. The van der Waals surface area contributed by atoms with Gasteiger partial charge in [0.05, 0.1) is 0 Å². The maximum atomic E-state index is 13.4. The number of nitrogens with zero attached hydrogens (tertiary/aromatic N) is 1. The molecule has 0 N–H and O–H groups in total. The molecule has 2 aliphatic heterocycles. The third-order valence-corrected chi connectivity index (χ3v) is 8.51. The van der Waals surface area contributed by atoms with Crippen LogP contribution in [0.5, 0.6) is 5.75 Å². The zero-order valence-electron chi connectivity index (χ0n) is 21.9. The SMILES string of the molecule is O=C(Cc1ccc(OC(F)(F)F)cc1)C1CC2CCCC(C1)N2C(=O)OCC1c2ccccc2-c2ccccc21. The molecule has 2 unspecified atom stereocenters. The van der Waals surface area contributed by atoms with Crippen LogP contribution in [0.4, 0.5) is 18.0 Å². The van der Waals surface area contributed by atoms with Crippen molar-refractivity contribution in [1.29, 1.82) is 0 Å². The van der Waals surface area contributed by atoms with Crippen LogP contribution in [0, 0.1) is 5.92 Å². The highest BCUT2D eigenvalue weighted by atomic mass is 19.4. The molecule has 3 aromatic rings. The van der Waals surface area contributed by atoms with E-state index in [-0.39, 0.29) is 54.6 Å². The second-order valence-electron chi connectivity index (χ2n) is 11.0. The highest BCUT2D eigenvalue weighted by Crippen LogP contribution is 2.45. The van der Waals surface area contributed by atoms with Crippen LogP contribution in [-0.4, -0.2) is 41.8 Å². The number of Topliss-reactive ketones (excluding diaryl/α,β-unsaturated/α-hetero) is 1. The molecule has 2 atom stereocenters. The van der Waals surface area contributed by atoms with E-state index in [0.29, 0.717) is 18.4 Å². The van der Waals surface area contributed by atoms with Crippen LogP contribution < -0.4 is 4.74 Å². The lowest BCUT2D eigenvalue weighted by molar-refractivity contribution is -0.274. The Morgan fingerprint density at radius 1 is 0.825 bits per heavy atom. The molecule has 40 heavy (non-hydrogen) atoms. The molecule has 2 saturated heterocycles. The normalized spacial score (nSPS) is 21.9. The number of carbonyl (C=O) groups excluding carboxylic acids is 2. The lowest BCUT2D eigenvalue weighted by Crippen LogP contribution is -2.56. The molecule has 2 fully saturated rings. The van der Waals surface area contributed by atoms with E-state index in [1.165, 1.54) is 46.5 Å². The van der Waals surface area contributed by atoms with E-state index < -0.39 is 6.36 Å². The van der Waals surface area contributed by atoms with Crippen LogP contribution in [0.25, 0.3) is 11.1 Å². The van der Waals surface area contributed by atoms with Gasteiger partial charge in [-0.25, -0.2) is 4.79 Å². The molecule has 208 valence electrons. The number of alkyl halides is 3. The molecule has 3 aliphatic rings. The van der Waals surface area contributed by atoms with Crippen molar-refractivity contribution in [1.82, 2.24) is 4.90 Å². The number of benzene rings is 3. The van der Waals surface area contributed by atoms with Crippen LogP contribution in [0.1, 0.15) is 54.7 Å². The van der Waals surface area contributed by atoms with E-state index in [0.717, 1.165) is 19.3 Å². The van der Waals surface area contributed by atoms with E-state index in [2.05, 4.69) is 29.0 Å². The third kappa shape index (κ3) is 5.31. The Morgan fingerprint density at radius 2 is 1.40 bits per heavy atom. The van der Waals surface area contributed by atoms with Crippen molar-refractivity contribution in [3.63, 3.8) is 0 Å². The predicted octanol–water partition coefficient (Wildman–Crippen LogP) is 7.28. The minimum absolute atomic E-state index is 0.0109. The Labute approximate surface area is 230 Å². The summed E-state index contributed by atoms with van der Waals surface area (Å²) in [6.07, 6.45) is -1.12. The number of hydrogen-bond donors (Lipinski definition) is 0. The van der Waals surface area contributed by atoms with Crippen LogP contribution >= 0.6 is 0 Å². The smallest absolute Gasteiger partial charge is 0.448 e. The molecule has 2 bridgehead atoms. The lowest BCUT2D eigenvalue weighted by atomic mass is 9.76. The Bertz CT molecular complexity index is 1340. The number of amides is 1. The summed E-state index contributed by atoms with van der Waals surface area (Å²) in [6, 6.07) is 21.8. The number of ketones is 1. The third-order valence-electron chi connectivity index (χ3n) is 8.51. The average molecular weight is 550 g/mol. The minimum atomic E-state index is -4.75. The fraction of sp³-hybridized carbons (Fsp3) is 0.375. The maximum Gasteiger partial charge on any atom is 0.573 e. The van der Waals surface area contributed by atoms with E-state index in [1.807, 2.05) is 29.2 Å². The lowest BCUT2D eigenvalue weighted by Gasteiger charge is -2.47. The summed E-state index contributed by atoms with van der Waals surface area (Å²) in [7, 11) is 0. The molecule has 0 spiro atoms. The van der Waals surface area contributed by atoms with Gasteiger partial charge in [-0.15, -0.1) is 13.2 Å². The monoisotopic (exact) mass is 549 g/mol. The first kappa shape index (κ1) is 26.4. The van der Waals surface area contributed by atoms with Crippen LogP contribution in [0.2, 0.25) is 0 Å². The molecule has 0 radical (unpaired) electrons. The summed E-state index contributed by atoms with van der Waals surface area (Å²) < 4.78 is 47.2. The summed E-state index contributed by atoms with van der Waals surface area (Å²) in [6.45, 7) is 0.263. The molecule has 2 heterocycles. The van der Waals surface area contributed by atoms with Crippen molar-refractivity contribution in [3.8, 4) is 16.9 Å². The Hall–Kier alpha value is -3.81. The quantitative estimate of drug-likeness (QED) is 0.324. The van der Waals surface area contributed by atoms with Crippen LogP contribution in [0.3, 0.4) is 0 Å². The molecular formula is C32H30F3NO4. The summed E-state index contributed by atoms with van der Waals surface area (Å²) >= 11 is 0. The molecule has 3 aromatic carbocycles. The zero-order chi connectivity index (χ0) is 27.9. The van der Waals surface area contributed by atoms with Crippen molar-refractivity contribution >= 4 is 11.9 Å². The van der Waals surface area contributed by atoms with E-state index in [1.54, 1.807) is 0 Å². The van der Waals surface area contributed by atoms with Gasteiger partial charge in [-0.2, -0.15) is 0 Å². The zero-order valence-corrected chi connectivity index (χ0v) is 21.9. The maximum absolute atomic E-state index is 13.4. The minimum Gasteiger partial charge on any atom is -0.448 e. The molecule has 8 heteroatoms. The average Bonchev–Trinajstić information content (AvgIpc) is 3.25. The first-order valence-electron chi connectivity index (χ1n) is 13.8. The molecule has 1 amide bonds.